The lowest BCUT2D eigenvalue weighted by Crippen LogP contribution is -2.43. The van der Waals surface area contributed by atoms with E-state index in [1.165, 1.54) is 12.0 Å². The predicted octanol–water partition coefficient (Wildman–Crippen LogP) is 2.35. The SMILES string of the molecule is CCN(C(=O)OC)C(C)C(=O)c1ccccc1. The Bertz CT molecular complexity index is 389. The van der Waals surface area contributed by atoms with Crippen LogP contribution in [0.15, 0.2) is 30.3 Å². The molecule has 1 unspecified atom stereocenters. The number of amides is 1. The van der Waals surface area contributed by atoms with Gasteiger partial charge in [0, 0.05) is 12.1 Å². The molecule has 0 aliphatic carbocycles. The third-order valence-electron chi connectivity index (χ3n) is 2.66. The zero-order valence-corrected chi connectivity index (χ0v) is 10.3. The summed E-state index contributed by atoms with van der Waals surface area (Å²) >= 11 is 0. The second kappa shape index (κ2) is 6.03. The van der Waals surface area contributed by atoms with Gasteiger partial charge in [-0.05, 0) is 13.8 Å². The molecule has 4 nitrogen and oxygen atoms in total. The van der Waals surface area contributed by atoms with Crippen molar-refractivity contribution in [2.24, 2.45) is 0 Å². The van der Waals surface area contributed by atoms with E-state index in [1.807, 2.05) is 13.0 Å². The van der Waals surface area contributed by atoms with E-state index in [0.717, 1.165) is 0 Å². The summed E-state index contributed by atoms with van der Waals surface area (Å²) in [6, 6.07) is 8.41. The molecule has 0 aliphatic rings. The molecule has 0 aromatic heterocycles. The van der Waals surface area contributed by atoms with Gasteiger partial charge in [-0.15, -0.1) is 0 Å². The molecule has 0 heterocycles. The van der Waals surface area contributed by atoms with Crippen LogP contribution < -0.4 is 0 Å². The number of nitrogens with zero attached hydrogens (tertiary/aromatic N) is 1. The van der Waals surface area contributed by atoms with Crippen LogP contribution in [0.3, 0.4) is 0 Å². The normalized spacial score (nSPS) is 11.7. The summed E-state index contributed by atoms with van der Waals surface area (Å²) < 4.78 is 4.65. The maximum Gasteiger partial charge on any atom is 0.410 e. The number of hydrogen-bond acceptors (Lipinski definition) is 3. The van der Waals surface area contributed by atoms with Crippen molar-refractivity contribution in [3.63, 3.8) is 0 Å². The molecular formula is C13H17NO3. The van der Waals surface area contributed by atoms with E-state index in [-0.39, 0.29) is 5.78 Å². The average Bonchev–Trinajstić information content (AvgIpc) is 2.39. The molecule has 0 saturated heterocycles. The Labute approximate surface area is 101 Å². The van der Waals surface area contributed by atoms with Gasteiger partial charge in [0.1, 0.15) is 0 Å². The zero-order valence-electron chi connectivity index (χ0n) is 10.3. The van der Waals surface area contributed by atoms with Gasteiger partial charge < -0.3 is 4.74 Å². The smallest absolute Gasteiger partial charge is 0.410 e. The number of ketones is 1. The number of likely N-dealkylation sites (N-methyl/N-ethyl adjacent to an activating group) is 1. The minimum Gasteiger partial charge on any atom is -0.453 e. The first kappa shape index (κ1) is 13.2. The van der Waals surface area contributed by atoms with Gasteiger partial charge in [0.15, 0.2) is 5.78 Å². The summed E-state index contributed by atoms with van der Waals surface area (Å²) in [5, 5.41) is 0. The molecule has 0 spiro atoms. The molecule has 0 aliphatic heterocycles. The topological polar surface area (TPSA) is 46.6 Å². The van der Waals surface area contributed by atoms with Crippen LogP contribution >= 0.6 is 0 Å². The summed E-state index contributed by atoms with van der Waals surface area (Å²) in [4.78, 5) is 25.0. The molecule has 0 bridgehead atoms. The highest BCUT2D eigenvalue weighted by Crippen LogP contribution is 2.10. The lowest BCUT2D eigenvalue weighted by molar-refractivity contribution is 0.0778. The van der Waals surface area contributed by atoms with Crippen molar-refractivity contribution in [2.45, 2.75) is 19.9 Å². The number of carbonyl (C=O) groups excluding carboxylic acids is 2. The van der Waals surface area contributed by atoms with Gasteiger partial charge in [0.2, 0.25) is 0 Å². The Kier molecular flexibility index (Phi) is 4.69. The van der Waals surface area contributed by atoms with Crippen molar-refractivity contribution in [1.82, 2.24) is 4.90 Å². The van der Waals surface area contributed by atoms with Gasteiger partial charge in [-0.1, -0.05) is 30.3 Å². The van der Waals surface area contributed by atoms with Crippen LogP contribution in [0, 0.1) is 0 Å². The van der Waals surface area contributed by atoms with Crippen molar-refractivity contribution >= 4 is 11.9 Å². The molecule has 4 heteroatoms. The highest BCUT2D eigenvalue weighted by Gasteiger charge is 2.25. The van der Waals surface area contributed by atoms with Crippen molar-refractivity contribution < 1.29 is 14.3 Å². The van der Waals surface area contributed by atoms with E-state index in [2.05, 4.69) is 4.74 Å². The van der Waals surface area contributed by atoms with E-state index in [0.29, 0.717) is 12.1 Å². The van der Waals surface area contributed by atoms with Crippen LogP contribution in [0.1, 0.15) is 24.2 Å². The first-order valence-corrected chi connectivity index (χ1v) is 5.55. The summed E-state index contributed by atoms with van der Waals surface area (Å²) in [5.41, 5.74) is 0.599. The molecule has 1 aromatic carbocycles. The Hall–Kier alpha value is -1.84. The van der Waals surface area contributed by atoms with E-state index in [1.54, 1.807) is 31.2 Å². The van der Waals surface area contributed by atoms with E-state index in [9.17, 15) is 9.59 Å². The maximum atomic E-state index is 12.1. The minimum absolute atomic E-state index is 0.0853. The fourth-order valence-electron chi connectivity index (χ4n) is 1.66. The highest BCUT2D eigenvalue weighted by atomic mass is 16.5. The quantitative estimate of drug-likeness (QED) is 0.752. The summed E-state index contributed by atoms with van der Waals surface area (Å²) in [5.74, 6) is -0.0853. The number of methoxy groups -OCH3 is 1. The molecule has 0 N–H and O–H groups in total. The molecule has 1 atom stereocenters. The van der Waals surface area contributed by atoms with Gasteiger partial charge in [-0.25, -0.2) is 4.79 Å². The molecule has 0 radical (unpaired) electrons. The lowest BCUT2D eigenvalue weighted by Gasteiger charge is -2.25. The summed E-state index contributed by atoms with van der Waals surface area (Å²) in [7, 11) is 1.31. The second-order valence-corrected chi connectivity index (χ2v) is 3.66. The van der Waals surface area contributed by atoms with Gasteiger partial charge in [0.05, 0.1) is 13.2 Å². The molecule has 1 rings (SSSR count). The number of Topliss-reactive ketones (excluding diaryl/α,β-unsaturated/α-hetero) is 1. The van der Waals surface area contributed by atoms with Gasteiger partial charge >= 0.3 is 6.09 Å². The molecule has 92 valence electrons. The zero-order chi connectivity index (χ0) is 12.8. The van der Waals surface area contributed by atoms with Gasteiger partial charge in [-0.2, -0.15) is 0 Å². The van der Waals surface area contributed by atoms with Gasteiger partial charge in [-0.3, -0.25) is 9.69 Å². The Balaban J connectivity index is 2.85. The number of ether oxygens (including phenoxy) is 1. The van der Waals surface area contributed by atoms with Crippen molar-refractivity contribution in [1.29, 1.82) is 0 Å². The Morgan fingerprint density at radius 1 is 1.29 bits per heavy atom. The lowest BCUT2D eigenvalue weighted by atomic mass is 10.0. The number of carbonyl (C=O) groups is 2. The van der Waals surface area contributed by atoms with Crippen LogP contribution in [-0.2, 0) is 4.74 Å². The third-order valence-corrected chi connectivity index (χ3v) is 2.66. The second-order valence-electron chi connectivity index (χ2n) is 3.66. The van der Waals surface area contributed by atoms with Crippen molar-refractivity contribution in [2.75, 3.05) is 13.7 Å². The van der Waals surface area contributed by atoms with Crippen LogP contribution in [0.4, 0.5) is 4.79 Å². The average molecular weight is 235 g/mol. The molecule has 0 saturated carbocycles. The van der Waals surface area contributed by atoms with Crippen LogP contribution in [0.25, 0.3) is 0 Å². The van der Waals surface area contributed by atoms with Gasteiger partial charge in [0.25, 0.3) is 0 Å². The van der Waals surface area contributed by atoms with E-state index in [4.69, 9.17) is 0 Å². The first-order chi connectivity index (χ1) is 8.11. The Morgan fingerprint density at radius 2 is 1.88 bits per heavy atom. The minimum atomic E-state index is -0.519. The van der Waals surface area contributed by atoms with E-state index < -0.39 is 12.1 Å². The monoisotopic (exact) mass is 235 g/mol. The number of hydrogen-bond donors (Lipinski definition) is 0. The fourth-order valence-corrected chi connectivity index (χ4v) is 1.66. The third kappa shape index (κ3) is 3.06. The summed E-state index contributed by atoms with van der Waals surface area (Å²) in [6.45, 7) is 3.95. The maximum absolute atomic E-state index is 12.1. The predicted molar refractivity (Wildman–Crippen MR) is 65.0 cm³/mol. The molecule has 0 fully saturated rings. The fraction of sp³-hybridized carbons (Fsp3) is 0.385. The Morgan fingerprint density at radius 3 is 2.35 bits per heavy atom. The molecular weight excluding hydrogens is 218 g/mol. The van der Waals surface area contributed by atoms with Crippen LogP contribution in [-0.4, -0.2) is 36.5 Å². The number of benzene rings is 1. The largest absolute Gasteiger partial charge is 0.453 e. The molecule has 17 heavy (non-hydrogen) atoms. The van der Waals surface area contributed by atoms with Crippen molar-refractivity contribution in [3.8, 4) is 0 Å². The molecule has 1 aromatic rings. The summed E-state index contributed by atoms with van der Waals surface area (Å²) in [6.07, 6.45) is -0.482. The number of rotatable bonds is 4. The highest BCUT2D eigenvalue weighted by molar-refractivity contribution is 6.01. The van der Waals surface area contributed by atoms with E-state index >= 15 is 0 Å². The van der Waals surface area contributed by atoms with Crippen molar-refractivity contribution in [3.05, 3.63) is 35.9 Å². The van der Waals surface area contributed by atoms with Crippen LogP contribution in [0.2, 0.25) is 0 Å². The first-order valence-electron chi connectivity index (χ1n) is 5.55. The van der Waals surface area contributed by atoms with Crippen LogP contribution in [0.5, 0.6) is 0 Å². The molecule has 1 amide bonds. The standard InChI is InChI=1S/C13H17NO3/c1-4-14(13(16)17-3)10(2)12(15)11-8-6-5-7-9-11/h5-10H,4H2,1-3H3.